The van der Waals surface area contributed by atoms with Crippen molar-refractivity contribution in [2.24, 2.45) is 5.92 Å². The lowest BCUT2D eigenvalue weighted by molar-refractivity contribution is 0.00649. The number of aryl methyl sites for hydroxylation is 2. The van der Waals surface area contributed by atoms with Gasteiger partial charge in [-0.05, 0) is 79.8 Å². The minimum atomic E-state index is -0.218. The molecule has 3 aliphatic rings. The third-order valence-corrected chi connectivity index (χ3v) is 8.55. The van der Waals surface area contributed by atoms with Crippen molar-refractivity contribution in [1.29, 1.82) is 0 Å². The van der Waals surface area contributed by atoms with Crippen LogP contribution in [0.3, 0.4) is 0 Å². The number of ether oxygens (including phenoxy) is 1. The number of amides is 1. The zero-order valence-corrected chi connectivity index (χ0v) is 21.1. The molecule has 2 saturated heterocycles. The maximum Gasteiger partial charge on any atom is 0.410 e. The van der Waals surface area contributed by atoms with E-state index in [4.69, 9.17) is 4.74 Å². The summed E-state index contributed by atoms with van der Waals surface area (Å²) in [5, 5.41) is 0. The van der Waals surface area contributed by atoms with E-state index in [0.717, 1.165) is 48.8 Å². The van der Waals surface area contributed by atoms with Crippen LogP contribution in [0.2, 0.25) is 0 Å². The van der Waals surface area contributed by atoms with E-state index in [9.17, 15) is 9.59 Å². The Morgan fingerprint density at radius 3 is 2.11 bits per heavy atom. The van der Waals surface area contributed by atoms with Gasteiger partial charge >= 0.3 is 6.09 Å². The standard InChI is InChI=1S/C32H33NO3/c1-20-14-15-21(2)29(16-20)31(34)22-17-23-8-7-9-24(18-22)33(23)32(35)36-19-30-27-12-5-3-10-25(27)26-11-4-6-13-28(26)30/h3-6,10-16,22-24,30H,7-9,17-19H2,1-2H3. The summed E-state index contributed by atoms with van der Waals surface area (Å²) in [6, 6.07) is 23.1. The highest BCUT2D eigenvalue weighted by molar-refractivity contribution is 5.99. The van der Waals surface area contributed by atoms with Crippen molar-refractivity contribution in [2.75, 3.05) is 6.61 Å². The second-order valence-electron chi connectivity index (χ2n) is 10.8. The maximum atomic E-state index is 13.5. The summed E-state index contributed by atoms with van der Waals surface area (Å²) >= 11 is 0. The van der Waals surface area contributed by atoms with E-state index in [1.807, 2.05) is 30.9 Å². The Labute approximate surface area is 213 Å². The summed E-state index contributed by atoms with van der Waals surface area (Å²) in [4.78, 5) is 28.9. The quantitative estimate of drug-likeness (QED) is 0.376. The molecule has 0 spiro atoms. The first-order chi connectivity index (χ1) is 17.5. The Balaban J connectivity index is 1.17. The fourth-order valence-electron chi connectivity index (χ4n) is 6.78. The average Bonchev–Trinajstić information content (AvgIpc) is 3.21. The van der Waals surface area contributed by atoms with Gasteiger partial charge in [0.15, 0.2) is 5.78 Å². The summed E-state index contributed by atoms with van der Waals surface area (Å²) in [7, 11) is 0. The van der Waals surface area contributed by atoms with Gasteiger partial charge in [-0.25, -0.2) is 4.79 Å². The van der Waals surface area contributed by atoms with Crippen molar-refractivity contribution in [3.05, 3.63) is 94.5 Å². The second kappa shape index (κ2) is 9.24. The van der Waals surface area contributed by atoms with Gasteiger partial charge in [-0.3, -0.25) is 4.79 Å². The smallest absolute Gasteiger partial charge is 0.410 e. The van der Waals surface area contributed by atoms with Crippen LogP contribution in [0.1, 0.15) is 70.6 Å². The number of rotatable bonds is 4. The Morgan fingerprint density at radius 1 is 0.861 bits per heavy atom. The topological polar surface area (TPSA) is 46.6 Å². The van der Waals surface area contributed by atoms with Gasteiger partial charge in [-0.2, -0.15) is 0 Å². The molecule has 2 fully saturated rings. The fourth-order valence-corrected chi connectivity index (χ4v) is 6.78. The van der Waals surface area contributed by atoms with Gasteiger partial charge in [0, 0.05) is 29.5 Å². The van der Waals surface area contributed by atoms with Crippen LogP contribution in [0, 0.1) is 19.8 Å². The number of nitrogens with zero attached hydrogens (tertiary/aromatic N) is 1. The SMILES string of the molecule is Cc1ccc(C)c(C(=O)C2CC3CCCC(C2)N3C(=O)OCC2c3ccccc3-c3ccccc32)c1. The number of hydrogen-bond acceptors (Lipinski definition) is 3. The Kier molecular flexibility index (Phi) is 5.91. The predicted octanol–water partition coefficient (Wildman–Crippen LogP) is 7.07. The van der Waals surface area contributed by atoms with E-state index < -0.39 is 0 Å². The van der Waals surface area contributed by atoms with Crippen molar-refractivity contribution >= 4 is 11.9 Å². The molecule has 0 N–H and O–H groups in total. The molecule has 2 aliphatic heterocycles. The molecule has 2 heterocycles. The van der Waals surface area contributed by atoms with E-state index >= 15 is 0 Å². The minimum absolute atomic E-state index is 0.0292. The number of ketones is 1. The Hall–Kier alpha value is -3.40. The van der Waals surface area contributed by atoms with E-state index in [1.54, 1.807) is 0 Å². The molecular formula is C32H33NO3. The van der Waals surface area contributed by atoms with Gasteiger partial charge in [0.2, 0.25) is 0 Å². The molecule has 0 saturated carbocycles. The van der Waals surface area contributed by atoms with Gasteiger partial charge in [-0.15, -0.1) is 0 Å². The van der Waals surface area contributed by atoms with Gasteiger partial charge in [0.05, 0.1) is 0 Å². The third-order valence-electron chi connectivity index (χ3n) is 8.55. The summed E-state index contributed by atoms with van der Waals surface area (Å²) in [5.74, 6) is 0.267. The molecule has 0 aromatic heterocycles. The number of hydrogen-bond donors (Lipinski definition) is 0. The molecule has 6 rings (SSSR count). The molecule has 184 valence electrons. The van der Waals surface area contributed by atoms with Gasteiger partial charge in [-0.1, -0.05) is 66.2 Å². The van der Waals surface area contributed by atoms with Crippen LogP contribution < -0.4 is 0 Å². The second-order valence-corrected chi connectivity index (χ2v) is 10.8. The normalized spacial score (nSPS) is 22.6. The summed E-state index contributed by atoms with van der Waals surface area (Å²) < 4.78 is 6.03. The first kappa shape index (κ1) is 23.0. The fraction of sp³-hybridized carbons (Fsp3) is 0.375. The van der Waals surface area contributed by atoms with Crippen molar-refractivity contribution in [2.45, 2.75) is 64.0 Å². The van der Waals surface area contributed by atoms with Crippen molar-refractivity contribution in [1.82, 2.24) is 4.90 Å². The van der Waals surface area contributed by atoms with Gasteiger partial charge < -0.3 is 9.64 Å². The lowest BCUT2D eigenvalue weighted by atomic mass is 9.75. The lowest BCUT2D eigenvalue weighted by Crippen LogP contribution is -2.56. The Morgan fingerprint density at radius 2 is 1.47 bits per heavy atom. The maximum absolute atomic E-state index is 13.5. The first-order valence-corrected chi connectivity index (χ1v) is 13.3. The van der Waals surface area contributed by atoms with E-state index in [-0.39, 0.29) is 35.8 Å². The zero-order chi connectivity index (χ0) is 24.8. The zero-order valence-electron chi connectivity index (χ0n) is 21.1. The molecule has 4 heteroatoms. The third kappa shape index (κ3) is 3.93. The average molecular weight is 480 g/mol. The first-order valence-electron chi connectivity index (χ1n) is 13.3. The highest BCUT2D eigenvalue weighted by Crippen LogP contribution is 2.45. The largest absolute Gasteiger partial charge is 0.448 e. The number of fused-ring (bicyclic) bond motifs is 5. The highest BCUT2D eigenvalue weighted by atomic mass is 16.6. The van der Waals surface area contributed by atoms with Crippen LogP contribution in [0.15, 0.2) is 66.7 Å². The van der Waals surface area contributed by atoms with E-state index in [2.05, 4.69) is 54.6 Å². The molecular weight excluding hydrogens is 446 g/mol. The number of carbonyl (C=O) groups excluding carboxylic acids is 2. The molecule has 1 amide bonds. The molecule has 1 aliphatic carbocycles. The number of carbonyl (C=O) groups is 2. The number of benzene rings is 3. The summed E-state index contributed by atoms with van der Waals surface area (Å²) in [5.41, 5.74) is 7.91. The van der Waals surface area contributed by atoms with E-state index in [0.29, 0.717) is 6.61 Å². The molecule has 2 unspecified atom stereocenters. The summed E-state index contributed by atoms with van der Waals surface area (Å²) in [6.45, 7) is 4.39. The van der Waals surface area contributed by atoms with Crippen LogP contribution in [0.4, 0.5) is 4.79 Å². The van der Waals surface area contributed by atoms with Gasteiger partial charge in [0.1, 0.15) is 6.61 Å². The number of piperidine rings is 2. The van der Waals surface area contributed by atoms with Gasteiger partial charge in [0.25, 0.3) is 0 Å². The lowest BCUT2D eigenvalue weighted by Gasteiger charge is -2.47. The number of Topliss-reactive ketones (excluding diaryl/α,β-unsaturated/α-hetero) is 1. The van der Waals surface area contributed by atoms with Crippen LogP contribution in [0.25, 0.3) is 11.1 Å². The summed E-state index contributed by atoms with van der Waals surface area (Å²) in [6.07, 6.45) is 4.23. The van der Waals surface area contributed by atoms with Crippen LogP contribution in [0.5, 0.6) is 0 Å². The highest BCUT2D eigenvalue weighted by Gasteiger charge is 2.44. The minimum Gasteiger partial charge on any atom is -0.448 e. The van der Waals surface area contributed by atoms with Crippen molar-refractivity contribution in [3.8, 4) is 11.1 Å². The van der Waals surface area contributed by atoms with Crippen molar-refractivity contribution < 1.29 is 14.3 Å². The molecule has 4 nitrogen and oxygen atoms in total. The molecule has 36 heavy (non-hydrogen) atoms. The van der Waals surface area contributed by atoms with Crippen LogP contribution in [-0.2, 0) is 4.74 Å². The van der Waals surface area contributed by atoms with Crippen molar-refractivity contribution in [3.63, 3.8) is 0 Å². The van der Waals surface area contributed by atoms with E-state index in [1.165, 1.54) is 22.3 Å². The van der Waals surface area contributed by atoms with Crippen LogP contribution in [-0.4, -0.2) is 35.5 Å². The molecule has 2 atom stereocenters. The Bertz CT molecular complexity index is 1270. The molecule has 3 aromatic carbocycles. The molecule has 3 aromatic rings. The van der Waals surface area contributed by atoms with Crippen LogP contribution >= 0.6 is 0 Å². The predicted molar refractivity (Wildman–Crippen MR) is 141 cm³/mol. The molecule has 2 bridgehead atoms. The molecule has 0 radical (unpaired) electrons. The monoisotopic (exact) mass is 479 g/mol.